The first-order chi connectivity index (χ1) is 7.28. The highest BCUT2D eigenvalue weighted by molar-refractivity contribution is 4.90. The Labute approximate surface area is 94.4 Å². The van der Waals surface area contributed by atoms with E-state index in [0.29, 0.717) is 5.41 Å². The lowest BCUT2D eigenvalue weighted by Crippen LogP contribution is -2.36. The number of nitrogens with one attached hydrogen (secondary N) is 1. The zero-order valence-electron chi connectivity index (χ0n) is 10.4. The Morgan fingerprint density at radius 2 is 2.07 bits per heavy atom. The third kappa shape index (κ3) is 2.54. The lowest BCUT2D eigenvalue weighted by atomic mass is 9.83. The molecule has 0 bridgehead atoms. The van der Waals surface area contributed by atoms with Gasteiger partial charge in [-0.3, -0.25) is 0 Å². The number of likely N-dealkylation sites (N-methyl/N-ethyl adjacent to an activating group) is 1. The van der Waals surface area contributed by atoms with Crippen LogP contribution in [-0.2, 0) is 0 Å². The van der Waals surface area contributed by atoms with Crippen LogP contribution in [0.5, 0.6) is 0 Å². The van der Waals surface area contributed by atoms with E-state index >= 15 is 0 Å². The zero-order valence-corrected chi connectivity index (χ0v) is 10.4. The Morgan fingerprint density at radius 1 is 1.33 bits per heavy atom. The molecule has 2 rings (SSSR count). The summed E-state index contributed by atoms with van der Waals surface area (Å²) in [5.74, 6) is 0. The smallest absolute Gasteiger partial charge is 0.0204 e. The highest BCUT2D eigenvalue weighted by Crippen LogP contribution is 2.41. The molecule has 1 saturated heterocycles. The summed E-state index contributed by atoms with van der Waals surface area (Å²) in [6, 6.07) is 0.750. The first kappa shape index (κ1) is 11.4. The molecule has 1 aliphatic heterocycles. The molecule has 2 aliphatic rings. The second-order valence-electron chi connectivity index (χ2n) is 5.57. The minimum absolute atomic E-state index is 0.683. The van der Waals surface area contributed by atoms with Crippen molar-refractivity contribution in [2.24, 2.45) is 5.41 Å². The molecule has 0 aromatic carbocycles. The van der Waals surface area contributed by atoms with Gasteiger partial charge in [-0.15, -0.1) is 0 Å². The predicted molar refractivity (Wildman–Crippen MR) is 65.1 cm³/mol. The zero-order chi connectivity index (χ0) is 10.7. The van der Waals surface area contributed by atoms with Gasteiger partial charge in [0, 0.05) is 19.1 Å². The summed E-state index contributed by atoms with van der Waals surface area (Å²) in [6.07, 6.45) is 8.62. The van der Waals surface area contributed by atoms with E-state index in [1.165, 1.54) is 58.2 Å². The average molecular weight is 210 g/mol. The fourth-order valence-electron chi connectivity index (χ4n) is 3.43. The van der Waals surface area contributed by atoms with Gasteiger partial charge in [0.15, 0.2) is 0 Å². The molecule has 1 saturated carbocycles. The topological polar surface area (TPSA) is 15.3 Å². The molecule has 0 aromatic heterocycles. The molecule has 0 amide bonds. The van der Waals surface area contributed by atoms with Crippen LogP contribution in [0, 0.1) is 5.41 Å². The lowest BCUT2D eigenvalue weighted by Gasteiger charge is -2.32. The van der Waals surface area contributed by atoms with Crippen LogP contribution in [0.25, 0.3) is 0 Å². The van der Waals surface area contributed by atoms with Gasteiger partial charge in [0.25, 0.3) is 0 Å². The van der Waals surface area contributed by atoms with E-state index in [9.17, 15) is 0 Å². The Kier molecular flexibility index (Phi) is 3.68. The quantitative estimate of drug-likeness (QED) is 0.765. The fourth-order valence-corrected chi connectivity index (χ4v) is 3.43. The van der Waals surface area contributed by atoms with E-state index in [1.807, 2.05) is 0 Å². The van der Waals surface area contributed by atoms with Crippen molar-refractivity contribution >= 4 is 0 Å². The number of hydrogen-bond donors (Lipinski definition) is 1. The molecule has 15 heavy (non-hydrogen) atoms. The van der Waals surface area contributed by atoms with Crippen molar-refractivity contribution in [2.45, 2.75) is 51.5 Å². The monoisotopic (exact) mass is 210 g/mol. The van der Waals surface area contributed by atoms with Crippen molar-refractivity contribution in [1.29, 1.82) is 0 Å². The molecule has 88 valence electrons. The number of likely N-dealkylation sites (tertiary alicyclic amines) is 1. The molecule has 2 heteroatoms. The normalized spacial score (nSPS) is 31.2. The summed E-state index contributed by atoms with van der Waals surface area (Å²) in [4.78, 5) is 2.69. The van der Waals surface area contributed by atoms with Crippen LogP contribution in [0.2, 0.25) is 0 Å². The van der Waals surface area contributed by atoms with Crippen LogP contribution in [0.3, 0.4) is 0 Å². The Balaban J connectivity index is 1.85. The molecule has 1 heterocycles. The average Bonchev–Trinajstić information content (AvgIpc) is 2.88. The van der Waals surface area contributed by atoms with Gasteiger partial charge in [-0.25, -0.2) is 0 Å². The third-order valence-electron chi connectivity index (χ3n) is 4.65. The van der Waals surface area contributed by atoms with Gasteiger partial charge in [-0.1, -0.05) is 19.8 Å². The molecular weight excluding hydrogens is 184 g/mol. The first-order valence-electron chi connectivity index (χ1n) is 6.68. The second-order valence-corrected chi connectivity index (χ2v) is 5.57. The van der Waals surface area contributed by atoms with Crippen molar-refractivity contribution in [1.82, 2.24) is 10.2 Å². The summed E-state index contributed by atoms with van der Waals surface area (Å²) in [6.45, 7) is 6.34. The summed E-state index contributed by atoms with van der Waals surface area (Å²) in [7, 11) is 2.10. The van der Waals surface area contributed by atoms with Crippen molar-refractivity contribution < 1.29 is 0 Å². The molecule has 2 fully saturated rings. The van der Waals surface area contributed by atoms with Crippen LogP contribution >= 0.6 is 0 Å². The van der Waals surface area contributed by atoms with E-state index in [4.69, 9.17) is 0 Å². The Bertz CT molecular complexity index is 197. The number of nitrogens with zero attached hydrogens (tertiary/aromatic N) is 1. The maximum atomic E-state index is 3.41. The highest BCUT2D eigenvalue weighted by Gasteiger charge is 2.35. The highest BCUT2D eigenvalue weighted by atomic mass is 15.2. The van der Waals surface area contributed by atoms with Crippen LogP contribution in [0.4, 0.5) is 0 Å². The van der Waals surface area contributed by atoms with Gasteiger partial charge in [0.2, 0.25) is 0 Å². The van der Waals surface area contributed by atoms with Crippen LogP contribution in [-0.4, -0.2) is 37.6 Å². The molecule has 2 nitrogen and oxygen atoms in total. The van der Waals surface area contributed by atoms with E-state index in [2.05, 4.69) is 24.2 Å². The van der Waals surface area contributed by atoms with Gasteiger partial charge in [-0.05, 0) is 44.7 Å². The van der Waals surface area contributed by atoms with Gasteiger partial charge in [0.05, 0.1) is 0 Å². The number of hydrogen-bond acceptors (Lipinski definition) is 2. The van der Waals surface area contributed by atoms with Crippen molar-refractivity contribution in [3.8, 4) is 0 Å². The van der Waals surface area contributed by atoms with Crippen LogP contribution in [0.15, 0.2) is 0 Å². The van der Waals surface area contributed by atoms with Gasteiger partial charge in [-0.2, -0.15) is 0 Å². The van der Waals surface area contributed by atoms with Crippen molar-refractivity contribution in [3.05, 3.63) is 0 Å². The molecule has 1 unspecified atom stereocenters. The summed E-state index contributed by atoms with van der Waals surface area (Å²) >= 11 is 0. The van der Waals surface area contributed by atoms with E-state index in [-0.39, 0.29) is 0 Å². The fraction of sp³-hybridized carbons (Fsp3) is 1.00. The second kappa shape index (κ2) is 4.84. The molecule has 0 aromatic rings. The molecule has 1 N–H and O–H groups in total. The third-order valence-corrected chi connectivity index (χ3v) is 4.65. The maximum absolute atomic E-state index is 3.41. The maximum Gasteiger partial charge on any atom is 0.0204 e. The summed E-state index contributed by atoms with van der Waals surface area (Å²) in [5.41, 5.74) is 0.683. The van der Waals surface area contributed by atoms with Crippen molar-refractivity contribution in [2.75, 3.05) is 26.7 Å². The van der Waals surface area contributed by atoms with Crippen LogP contribution < -0.4 is 5.32 Å². The summed E-state index contributed by atoms with van der Waals surface area (Å²) < 4.78 is 0. The van der Waals surface area contributed by atoms with Crippen molar-refractivity contribution in [3.63, 3.8) is 0 Å². The van der Waals surface area contributed by atoms with Gasteiger partial charge < -0.3 is 10.2 Å². The Hall–Kier alpha value is -0.0800. The molecule has 0 spiro atoms. The van der Waals surface area contributed by atoms with Crippen LogP contribution in [0.1, 0.15) is 45.4 Å². The van der Waals surface area contributed by atoms with E-state index in [1.54, 1.807) is 0 Å². The molecule has 1 atom stereocenters. The molecule has 0 radical (unpaired) electrons. The standard InChI is InChI=1S/C13H26N2/c1-3-13(7-4-5-8-13)11-15-9-6-12(10-15)14-2/h12,14H,3-11H2,1-2H3. The minimum atomic E-state index is 0.683. The Morgan fingerprint density at radius 3 is 2.60 bits per heavy atom. The predicted octanol–water partition coefficient (Wildman–Crippen LogP) is 2.25. The van der Waals surface area contributed by atoms with E-state index in [0.717, 1.165) is 6.04 Å². The number of rotatable bonds is 4. The lowest BCUT2D eigenvalue weighted by molar-refractivity contribution is 0.168. The van der Waals surface area contributed by atoms with Gasteiger partial charge in [0.1, 0.15) is 0 Å². The van der Waals surface area contributed by atoms with Gasteiger partial charge >= 0.3 is 0 Å². The first-order valence-corrected chi connectivity index (χ1v) is 6.68. The largest absolute Gasteiger partial charge is 0.316 e. The minimum Gasteiger partial charge on any atom is -0.316 e. The SMILES string of the molecule is CCC1(CN2CCC(NC)C2)CCCC1. The molecular formula is C13H26N2. The summed E-state index contributed by atoms with van der Waals surface area (Å²) in [5, 5.41) is 3.41. The van der Waals surface area contributed by atoms with E-state index < -0.39 is 0 Å². The molecule has 1 aliphatic carbocycles.